The SMILES string of the molecule is CN1CCN(c2c(F)cc(CO)cc2F)c2ccccc21. The largest absolute Gasteiger partial charge is 0.392 e. The number of anilines is 3. The second-order valence-electron chi connectivity index (χ2n) is 5.13. The zero-order valence-corrected chi connectivity index (χ0v) is 11.7. The van der Waals surface area contributed by atoms with Crippen molar-refractivity contribution in [2.45, 2.75) is 6.61 Å². The molecule has 0 amide bonds. The molecule has 0 spiro atoms. The van der Waals surface area contributed by atoms with Crippen molar-refractivity contribution in [2.24, 2.45) is 0 Å². The normalized spacial score (nSPS) is 14.3. The summed E-state index contributed by atoms with van der Waals surface area (Å²) in [4.78, 5) is 3.71. The van der Waals surface area contributed by atoms with E-state index in [2.05, 4.69) is 4.90 Å². The minimum absolute atomic E-state index is 0.0623. The Hall–Kier alpha value is -2.14. The highest BCUT2D eigenvalue weighted by molar-refractivity contribution is 5.79. The number of fused-ring (bicyclic) bond motifs is 1. The molecule has 1 aliphatic heterocycles. The van der Waals surface area contributed by atoms with Crippen LogP contribution in [0.2, 0.25) is 0 Å². The lowest BCUT2D eigenvalue weighted by molar-refractivity contribution is 0.280. The predicted molar refractivity (Wildman–Crippen MR) is 79.0 cm³/mol. The average molecular weight is 290 g/mol. The van der Waals surface area contributed by atoms with Gasteiger partial charge in [-0.25, -0.2) is 8.78 Å². The van der Waals surface area contributed by atoms with Crippen LogP contribution in [0.5, 0.6) is 0 Å². The van der Waals surface area contributed by atoms with E-state index in [1.54, 1.807) is 4.90 Å². The highest BCUT2D eigenvalue weighted by atomic mass is 19.1. The van der Waals surface area contributed by atoms with E-state index in [9.17, 15) is 8.78 Å². The van der Waals surface area contributed by atoms with Gasteiger partial charge in [-0.15, -0.1) is 0 Å². The number of para-hydroxylation sites is 2. The number of halogens is 2. The molecule has 5 heteroatoms. The van der Waals surface area contributed by atoms with Gasteiger partial charge in [0.15, 0.2) is 0 Å². The molecule has 0 saturated carbocycles. The van der Waals surface area contributed by atoms with Crippen LogP contribution < -0.4 is 9.80 Å². The quantitative estimate of drug-likeness (QED) is 0.921. The lowest BCUT2D eigenvalue weighted by Crippen LogP contribution is -2.37. The summed E-state index contributed by atoms with van der Waals surface area (Å²) >= 11 is 0. The maximum absolute atomic E-state index is 14.3. The van der Waals surface area contributed by atoms with E-state index in [1.165, 1.54) is 12.1 Å². The highest BCUT2D eigenvalue weighted by Crippen LogP contribution is 2.39. The van der Waals surface area contributed by atoms with Gasteiger partial charge in [0, 0.05) is 20.1 Å². The van der Waals surface area contributed by atoms with Crippen molar-refractivity contribution in [3.8, 4) is 0 Å². The lowest BCUT2D eigenvalue weighted by Gasteiger charge is -2.37. The highest BCUT2D eigenvalue weighted by Gasteiger charge is 2.26. The molecule has 0 bridgehead atoms. The summed E-state index contributed by atoms with van der Waals surface area (Å²) in [5.74, 6) is -1.31. The number of rotatable bonds is 2. The van der Waals surface area contributed by atoms with E-state index in [1.807, 2.05) is 31.3 Å². The average Bonchev–Trinajstić information content (AvgIpc) is 2.49. The van der Waals surface area contributed by atoms with E-state index >= 15 is 0 Å². The molecule has 2 aromatic carbocycles. The molecule has 110 valence electrons. The fourth-order valence-electron chi connectivity index (χ4n) is 2.71. The number of nitrogens with zero attached hydrogens (tertiary/aromatic N) is 2. The third-order valence-corrected chi connectivity index (χ3v) is 3.77. The number of aliphatic hydroxyl groups is 1. The minimum Gasteiger partial charge on any atom is -0.392 e. The Labute approximate surface area is 122 Å². The van der Waals surface area contributed by atoms with E-state index in [0.717, 1.165) is 11.4 Å². The number of benzene rings is 2. The van der Waals surface area contributed by atoms with Crippen LogP contribution in [0, 0.1) is 11.6 Å². The second-order valence-corrected chi connectivity index (χ2v) is 5.13. The molecule has 3 nitrogen and oxygen atoms in total. The second kappa shape index (κ2) is 5.33. The van der Waals surface area contributed by atoms with Crippen molar-refractivity contribution in [3.05, 3.63) is 53.6 Å². The molecule has 0 saturated heterocycles. The molecule has 1 N–H and O–H groups in total. The van der Waals surface area contributed by atoms with E-state index in [-0.39, 0.29) is 17.9 Å². The summed E-state index contributed by atoms with van der Waals surface area (Å²) in [6, 6.07) is 9.89. The van der Waals surface area contributed by atoms with Gasteiger partial charge >= 0.3 is 0 Å². The first-order chi connectivity index (χ1) is 10.1. The molecule has 1 aliphatic rings. The van der Waals surface area contributed by atoms with E-state index < -0.39 is 11.6 Å². The zero-order valence-electron chi connectivity index (χ0n) is 11.7. The molecule has 3 rings (SSSR count). The molecule has 21 heavy (non-hydrogen) atoms. The zero-order chi connectivity index (χ0) is 15.0. The monoisotopic (exact) mass is 290 g/mol. The summed E-state index contributed by atoms with van der Waals surface area (Å²) in [5.41, 5.74) is 1.89. The first kappa shape index (κ1) is 13.8. The molecule has 0 atom stereocenters. The summed E-state index contributed by atoms with van der Waals surface area (Å²) in [6.07, 6.45) is 0. The molecule has 0 radical (unpaired) electrons. The smallest absolute Gasteiger partial charge is 0.150 e. The van der Waals surface area contributed by atoms with Gasteiger partial charge in [-0.2, -0.15) is 0 Å². The Morgan fingerprint density at radius 1 is 1.05 bits per heavy atom. The third-order valence-electron chi connectivity index (χ3n) is 3.77. The van der Waals surface area contributed by atoms with Crippen molar-refractivity contribution < 1.29 is 13.9 Å². The lowest BCUT2D eigenvalue weighted by atomic mass is 10.1. The molecule has 0 aliphatic carbocycles. The molecule has 2 aromatic rings. The van der Waals surface area contributed by atoms with E-state index in [4.69, 9.17) is 5.11 Å². The third kappa shape index (κ3) is 2.34. The van der Waals surface area contributed by atoms with Crippen LogP contribution in [0.3, 0.4) is 0 Å². The van der Waals surface area contributed by atoms with Gasteiger partial charge in [0.05, 0.1) is 18.0 Å². The number of aliphatic hydroxyl groups excluding tert-OH is 1. The van der Waals surface area contributed by atoms with Crippen molar-refractivity contribution in [1.29, 1.82) is 0 Å². The van der Waals surface area contributed by atoms with Crippen LogP contribution in [0.1, 0.15) is 5.56 Å². The van der Waals surface area contributed by atoms with Crippen LogP contribution in [-0.4, -0.2) is 25.2 Å². The molecule has 0 unspecified atom stereocenters. The maximum atomic E-state index is 14.3. The van der Waals surface area contributed by atoms with Gasteiger partial charge in [0.2, 0.25) is 0 Å². The predicted octanol–water partition coefficient (Wildman–Crippen LogP) is 3.05. The topological polar surface area (TPSA) is 26.7 Å². The van der Waals surface area contributed by atoms with Crippen LogP contribution in [0.15, 0.2) is 36.4 Å². The molecular weight excluding hydrogens is 274 g/mol. The van der Waals surface area contributed by atoms with Gasteiger partial charge in [-0.3, -0.25) is 0 Å². The van der Waals surface area contributed by atoms with Crippen molar-refractivity contribution in [1.82, 2.24) is 0 Å². The fourth-order valence-corrected chi connectivity index (χ4v) is 2.71. The Morgan fingerprint density at radius 2 is 1.67 bits per heavy atom. The Bertz CT molecular complexity index is 652. The van der Waals surface area contributed by atoms with Gasteiger partial charge in [-0.1, -0.05) is 12.1 Å². The Kier molecular flexibility index (Phi) is 3.51. The van der Waals surface area contributed by atoms with Crippen LogP contribution in [-0.2, 0) is 6.61 Å². The van der Waals surface area contributed by atoms with Gasteiger partial charge in [0.1, 0.15) is 17.3 Å². The summed E-state index contributed by atoms with van der Waals surface area (Å²) in [6.45, 7) is 0.797. The van der Waals surface area contributed by atoms with Crippen LogP contribution >= 0.6 is 0 Å². The van der Waals surface area contributed by atoms with Gasteiger partial charge < -0.3 is 14.9 Å². The van der Waals surface area contributed by atoms with Crippen molar-refractivity contribution >= 4 is 17.1 Å². The van der Waals surface area contributed by atoms with Crippen LogP contribution in [0.4, 0.5) is 25.8 Å². The van der Waals surface area contributed by atoms with E-state index in [0.29, 0.717) is 13.1 Å². The molecule has 0 fully saturated rings. The maximum Gasteiger partial charge on any atom is 0.150 e. The number of hydrogen-bond acceptors (Lipinski definition) is 3. The fraction of sp³-hybridized carbons (Fsp3) is 0.250. The standard InChI is InChI=1S/C16H16F2N2O/c1-19-6-7-20(15-5-3-2-4-14(15)19)16-12(17)8-11(10-21)9-13(16)18/h2-5,8-9,21H,6-7,10H2,1H3. The minimum atomic E-state index is -0.654. The molecule has 1 heterocycles. The number of hydrogen-bond donors (Lipinski definition) is 1. The van der Waals surface area contributed by atoms with Crippen molar-refractivity contribution in [2.75, 3.05) is 29.9 Å². The van der Waals surface area contributed by atoms with Gasteiger partial charge in [-0.05, 0) is 29.8 Å². The van der Waals surface area contributed by atoms with Crippen molar-refractivity contribution in [3.63, 3.8) is 0 Å². The summed E-state index contributed by atoms with van der Waals surface area (Å²) in [5, 5.41) is 9.03. The summed E-state index contributed by atoms with van der Waals surface area (Å²) in [7, 11) is 1.96. The first-order valence-electron chi connectivity index (χ1n) is 6.78. The Balaban J connectivity index is 2.12. The number of likely N-dealkylation sites (N-methyl/N-ethyl adjacent to an activating group) is 1. The summed E-state index contributed by atoms with van der Waals surface area (Å²) < 4.78 is 28.5. The molecule has 0 aromatic heterocycles. The first-order valence-corrected chi connectivity index (χ1v) is 6.78. The molecular formula is C16H16F2N2O. The Morgan fingerprint density at radius 3 is 2.29 bits per heavy atom. The van der Waals surface area contributed by atoms with Crippen LogP contribution in [0.25, 0.3) is 0 Å². The van der Waals surface area contributed by atoms with Gasteiger partial charge in [0.25, 0.3) is 0 Å².